The molecule has 1 aromatic carbocycles. The number of amides is 1. The van der Waals surface area contributed by atoms with Gasteiger partial charge in [-0.15, -0.1) is 0 Å². The minimum atomic E-state index is -0.0290. The lowest BCUT2D eigenvalue weighted by molar-refractivity contribution is 0.0931. The molecule has 128 valence electrons. The zero-order valence-electron chi connectivity index (χ0n) is 14.1. The van der Waals surface area contributed by atoms with Gasteiger partial charge in [0.05, 0.1) is 6.20 Å². The molecule has 3 aromatic rings. The third-order valence-electron chi connectivity index (χ3n) is 4.61. The largest absolute Gasteiger partial charge is 0.461 e. The zero-order valence-corrected chi connectivity index (χ0v) is 14.1. The highest BCUT2D eigenvalue weighted by molar-refractivity contribution is 5.98. The second-order valence-corrected chi connectivity index (χ2v) is 6.41. The SMILES string of the molecule is Cc1cc2cc(C(=O)NC3CCN(c4cnccn4)CC3)ccc2o1. The quantitative estimate of drug-likeness (QED) is 0.796. The first-order chi connectivity index (χ1) is 12.2. The van der Waals surface area contributed by atoms with Gasteiger partial charge < -0.3 is 14.6 Å². The smallest absolute Gasteiger partial charge is 0.251 e. The van der Waals surface area contributed by atoms with E-state index in [-0.39, 0.29) is 11.9 Å². The average molecular weight is 336 g/mol. The molecule has 4 rings (SSSR count). The molecule has 0 aliphatic carbocycles. The Labute approximate surface area is 145 Å². The van der Waals surface area contributed by atoms with Crippen LogP contribution in [-0.2, 0) is 0 Å². The molecule has 1 saturated heterocycles. The molecule has 6 heteroatoms. The van der Waals surface area contributed by atoms with E-state index >= 15 is 0 Å². The Morgan fingerprint density at radius 3 is 2.84 bits per heavy atom. The Kier molecular flexibility index (Phi) is 4.09. The number of aryl methyl sites for hydroxylation is 1. The van der Waals surface area contributed by atoms with Gasteiger partial charge in [0, 0.05) is 42.5 Å². The van der Waals surface area contributed by atoms with Crippen LogP contribution in [0.4, 0.5) is 5.82 Å². The summed E-state index contributed by atoms with van der Waals surface area (Å²) in [5.41, 5.74) is 1.48. The van der Waals surface area contributed by atoms with Crippen molar-refractivity contribution in [3.8, 4) is 0 Å². The third-order valence-corrected chi connectivity index (χ3v) is 4.61. The van der Waals surface area contributed by atoms with Crippen molar-refractivity contribution in [2.75, 3.05) is 18.0 Å². The van der Waals surface area contributed by atoms with Gasteiger partial charge in [-0.2, -0.15) is 0 Å². The minimum absolute atomic E-state index is 0.0290. The Morgan fingerprint density at radius 2 is 2.08 bits per heavy atom. The molecule has 2 aromatic heterocycles. The number of hydrogen-bond acceptors (Lipinski definition) is 5. The first-order valence-corrected chi connectivity index (χ1v) is 8.51. The Balaban J connectivity index is 1.38. The molecule has 1 N–H and O–H groups in total. The summed E-state index contributed by atoms with van der Waals surface area (Å²) in [5.74, 6) is 1.72. The van der Waals surface area contributed by atoms with E-state index in [9.17, 15) is 4.79 Å². The molecule has 0 spiro atoms. The maximum absolute atomic E-state index is 12.5. The van der Waals surface area contributed by atoms with Crippen LogP contribution in [-0.4, -0.2) is 35.0 Å². The van der Waals surface area contributed by atoms with Gasteiger partial charge in [-0.25, -0.2) is 4.98 Å². The van der Waals surface area contributed by atoms with E-state index in [0.717, 1.165) is 48.5 Å². The monoisotopic (exact) mass is 336 g/mol. The molecular weight excluding hydrogens is 316 g/mol. The molecule has 6 nitrogen and oxygen atoms in total. The van der Waals surface area contributed by atoms with E-state index in [0.29, 0.717) is 5.56 Å². The number of anilines is 1. The number of fused-ring (bicyclic) bond motifs is 1. The van der Waals surface area contributed by atoms with Crippen molar-refractivity contribution < 1.29 is 9.21 Å². The van der Waals surface area contributed by atoms with Crippen molar-refractivity contribution in [3.63, 3.8) is 0 Å². The van der Waals surface area contributed by atoms with Crippen LogP contribution < -0.4 is 10.2 Å². The van der Waals surface area contributed by atoms with Crippen LogP contribution in [0.15, 0.2) is 47.3 Å². The van der Waals surface area contributed by atoms with Gasteiger partial charge in [-0.05, 0) is 44.0 Å². The van der Waals surface area contributed by atoms with Gasteiger partial charge in [-0.3, -0.25) is 9.78 Å². The van der Waals surface area contributed by atoms with Crippen molar-refractivity contribution in [3.05, 3.63) is 54.2 Å². The van der Waals surface area contributed by atoms with Gasteiger partial charge in [0.25, 0.3) is 5.91 Å². The minimum Gasteiger partial charge on any atom is -0.461 e. The molecule has 0 atom stereocenters. The highest BCUT2D eigenvalue weighted by atomic mass is 16.3. The fraction of sp³-hybridized carbons (Fsp3) is 0.316. The lowest BCUT2D eigenvalue weighted by atomic mass is 10.0. The van der Waals surface area contributed by atoms with Crippen LogP contribution in [0.3, 0.4) is 0 Å². The molecule has 0 bridgehead atoms. The molecule has 0 unspecified atom stereocenters. The topological polar surface area (TPSA) is 71.3 Å². The zero-order chi connectivity index (χ0) is 17.2. The normalized spacial score (nSPS) is 15.5. The number of aromatic nitrogens is 2. The maximum atomic E-state index is 12.5. The number of piperidine rings is 1. The molecule has 0 saturated carbocycles. The fourth-order valence-corrected chi connectivity index (χ4v) is 3.29. The van der Waals surface area contributed by atoms with Gasteiger partial charge in [0.2, 0.25) is 0 Å². The van der Waals surface area contributed by atoms with E-state index < -0.39 is 0 Å². The van der Waals surface area contributed by atoms with Crippen molar-refractivity contribution in [2.45, 2.75) is 25.8 Å². The van der Waals surface area contributed by atoms with E-state index in [4.69, 9.17) is 4.42 Å². The first kappa shape index (κ1) is 15.6. The molecule has 1 amide bonds. The Bertz CT molecular complexity index is 883. The standard InChI is InChI=1S/C19H20N4O2/c1-13-10-15-11-14(2-3-17(15)25-13)19(24)22-16-4-8-23(9-5-16)18-12-20-6-7-21-18/h2-3,6-7,10-12,16H,4-5,8-9H2,1H3,(H,22,24). The number of rotatable bonds is 3. The van der Waals surface area contributed by atoms with Crippen LogP contribution in [0.25, 0.3) is 11.0 Å². The highest BCUT2D eigenvalue weighted by Crippen LogP contribution is 2.21. The Hall–Kier alpha value is -2.89. The summed E-state index contributed by atoms with van der Waals surface area (Å²) in [4.78, 5) is 23.2. The maximum Gasteiger partial charge on any atom is 0.251 e. The summed E-state index contributed by atoms with van der Waals surface area (Å²) in [5, 5.41) is 4.11. The molecule has 1 fully saturated rings. The lowest BCUT2D eigenvalue weighted by Gasteiger charge is -2.32. The first-order valence-electron chi connectivity index (χ1n) is 8.51. The van der Waals surface area contributed by atoms with Gasteiger partial charge in [-0.1, -0.05) is 0 Å². The van der Waals surface area contributed by atoms with Gasteiger partial charge in [0.15, 0.2) is 0 Å². The lowest BCUT2D eigenvalue weighted by Crippen LogP contribution is -2.45. The van der Waals surface area contributed by atoms with E-state index in [1.165, 1.54) is 0 Å². The summed E-state index contributed by atoms with van der Waals surface area (Å²) in [6.07, 6.45) is 6.96. The van der Waals surface area contributed by atoms with Crippen molar-refractivity contribution in [2.24, 2.45) is 0 Å². The third kappa shape index (κ3) is 3.33. The number of hydrogen-bond donors (Lipinski definition) is 1. The van der Waals surface area contributed by atoms with E-state index in [1.54, 1.807) is 18.6 Å². The second-order valence-electron chi connectivity index (χ2n) is 6.41. The molecule has 1 aliphatic heterocycles. The summed E-state index contributed by atoms with van der Waals surface area (Å²) >= 11 is 0. The van der Waals surface area contributed by atoms with Gasteiger partial charge in [0.1, 0.15) is 17.2 Å². The average Bonchev–Trinajstić information content (AvgIpc) is 3.02. The van der Waals surface area contributed by atoms with E-state index in [1.807, 2.05) is 31.2 Å². The van der Waals surface area contributed by atoms with Crippen LogP contribution in [0, 0.1) is 6.92 Å². The van der Waals surface area contributed by atoms with E-state index in [2.05, 4.69) is 20.2 Å². The predicted molar refractivity (Wildman–Crippen MR) is 95.7 cm³/mol. The molecule has 3 heterocycles. The number of nitrogens with zero attached hydrogens (tertiary/aromatic N) is 3. The molecule has 0 radical (unpaired) electrons. The number of nitrogens with one attached hydrogen (secondary N) is 1. The van der Waals surface area contributed by atoms with Gasteiger partial charge >= 0.3 is 0 Å². The number of benzene rings is 1. The second kappa shape index (κ2) is 6.55. The van der Waals surface area contributed by atoms with Crippen molar-refractivity contribution in [1.82, 2.24) is 15.3 Å². The van der Waals surface area contributed by atoms with Crippen molar-refractivity contribution in [1.29, 1.82) is 0 Å². The highest BCUT2D eigenvalue weighted by Gasteiger charge is 2.22. The molecular formula is C19H20N4O2. The number of carbonyl (C=O) groups excluding carboxylic acids is 1. The molecule has 25 heavy (non-hydrogen) atoms. The van der Waals surface area contributed by atoms with Crippen molar-refractivity contribution >= 4 is 22.7 Å². The summed E-state index contributed by atoms with van der Waals surface area (Å²) in [6, 6.07) is 7.69. The van der Waals surface area contributed by atoms with Crippen LogP contribution in [0.2, 0.25) is 0 Å². The van der Waals surface area contributed by atoms with Crippen LogP contribution in [0.5, 0.6) is 0 Å². The fourth-order valence-electron chi connectivity index (χ4n) is 3.29. The van der Waals surface area contributed by atoms with Crippen LogP contribution >= 0.6 is 0 Å². The summed E-state index contributed by atoms with van der Waals surface area (Å²) in [7, 11) is 0. The van der Waals surface area contributed by atoms with Crippen LogP contribution in [0.1, 0.15) is 29.0 Å². The predicted octanol–water partition coefficient (Wildman–Crippen LogP) is 2.93. The summed E-state index contributed by atoms with van der Waals surface area (Å²) < 4.78 is 5.56. The molecule has 1 aliphatic rings. The number of carbonyl (C=O) groups is 1. The number of furan rings is 1. The summed E-state index contributed by atoms with van der Waals surface area (Å²) in [6.45, 7) is 3.64. The Morgan fingerprint density at radius 1 is 1.24 bits per heavy atom.